The maximum Gasteiger partial charge on any atom is 0.416 e. The zero-order chi connectivity index (χ0) is 19.8. The molecule has 0 radical (unpaired) electrons. The summed E-state index contributed by atoms with van der Waals surface area (Å²) in [6.07, 6.45) is -4.47. The Hall–Kier alpha value is -2.48. The third kappa shape index (κ3) is 3.95. The van der Waals surface area contributed by atoms with E-state index < -0.39 is 35.0 Å². The van der Waals surface area contributed by atoms with E-state index >= 15 is 0 Å². The summed E-state index contributed by atoms with van der Waals surface area (Å²) in [5, 5.41) is 10.8. The fraction of sp³-hybridized carbons (Fsp3) is 0.263. The first kappa shape index (κ1) is 19.3. The molecule has 1 heterocycles. The number of hydrogen-bond acceptors (Lipinski definition) is 4. The number of aliphatic carboxylic acids is 1. The van der Waals surface area contributed by atoms with Crippen molar-refractivity contribution in [1.29, 1.82) is 0 Å². The van der Waals surface area contributed by atoms with Gasteiger partial charge in [-0.25, -0.2) is 0 Å². The van der Waals surface area contributed by atoms with Gasteiger partial charge < -0.3 is 14.8 Å². The lowest BCUT2D eigenvalue weighted by molar-refractivity contribution is -0.310. The predicted molar refractivity (Wildman–Crippen MR) is 92.8 cm³/mol. The highest BCUT2D eigenvalue weighted by Gasteiger charge is 2.40. The maximum atomic E-state index is 12.9. The van der Waals surface area contributed by atoms with Crippen molar-refractivity contribution in [1.82, 2.24) is 4.90 Å². The number of benzene rings is 2. The average molecular weight is 394 g/mol. The van der Waals surface area contributed by atoms with E-state index in [0.29, 0.717) is 11.1 Å². The Morgan fingerprint density at radius 3 is 2.19 bits per heavy atom. The minimum absolute atomic E-state index is 0.103. The number of nitrogens with zero attached hydrogens (tertiary/aromatic N) is 1. The Balaban J connectivity index is 1.95. The highest BCUT2D eigenvalue weighted by molar-refractivity contribution is 7.99. The van der Waals surface area contributed by atoms with Crippen LogP contribution in [0.3, 0.4) is 0 Å². The van der Waals surface area contributed by atoms with Crippen molar-refractivity contribution in [3.63, 3.8) is 0 Å². The van der Waals surface area contributed by atoms with E-state index in [1.165, 1.54) is 28.8 Å². The van der Waals surface area contributed by atoms with Crippen LogP contribution in [0, 0.1) is 6.92 Å². The summed E-state index contributed by atoms with van der Waals surface area (Å²) in [6, 6.07) is 9.90. The topological polar surface area (TPSA) is 60.4 Å². The largest absolute Gasteiger partial charge is 0.548 e. The molecule has 2 atom stereocenters. The van der Waals surface area contributed by atoms with Crippen LogP contribution in [-0.2, 0) is 11.0 Å². The Bertz CT molecular complexity index is 850. The Morgan fingerprint density at radius 1 is 1.07 bits per heavy atom. The average Bonchev–Trinajstić information content (AvgIpc) is 3.06. The Kier molecular flexibility index (Phi) is 5.19. The van der Waals surface area contributed by atoms with Gasteiger partial charge in [-0.2, -0.15) is 13.2 Å². The minimum Gasteiger partial charge on any atom is -0.548 e. The highest BCUT2D eigenvalue weighted by Crippen LogP contribution is 2.42. The fourth-order valence-corrected chi connectivity index (χ4v) is 4.29. The lowest BCUT2D eigenvalue weighted by atomic mass is 10.1. The number of alkyl halides is 3. The van der Waals surface area contributed by atoms with Gasteiger partial charge in [0.2, 0.25) is 0 Å². The van der Waals surface area contributed by atoms with E-state index in [1.54, 1.807) is 24.3 Å². The van der Waals surface area contributed by atoms with Gasteiger partial charge in [0.1, 0.15) is 5.37 Å². The van der Waals surface area contributed by atoms with E-state index in [0.717, 1.165) is 17.7 Å². The van der Waals surface area contributed by atoms with Gasteiger partial charge in [-0.15, -0.1) is 11.8 Å². The molecule has 1 aliphatic heterocycles. The molecule has 1 amide bonds. The van der Waals surface area contributed by atoms with Crippen LogP contribution in [0.15, 0.2) is 48.5 Å². The van der Waals surface area contributed by atoms with Gasteiger partial charge in [0, 0.05) is 11.3 Å². The second-order valence-corrected chi connectivity index (χ2v) is 7.33. The summed E-state index contributed by atoms with van der Waals surface area (Å²) in [6.45, 7) is 1.86. The lowest BCUT2D eigenvalue weighted by Crippen LogP contribution is -2.49. The molecule has 2 aromatic rings. The quantitative estimate of drug-likeness (QED) is 0.803. The number of thioether (sulfide) groups is 1. The van der Waals surface area contributed by atoms with Gasteiger partial charge in [0.25, 0.3) is 5.91 Å². The molecule has 1 fully saturated rings. The molecule has 0 aliphatic carbocycles. The molecule has 0 aromatic heterocycles. The van der Waals surface area contributed by atoms with Crippen LogP contribution in [0.2, 0.25) is 0 Å². The minimum atomic E-state index is -4.47. The van der Waals surface area contributed by atoms with Gasteiger partial charge >= 0.3 is 6.18 Å². The van der Waals surface area contributed by atoms with Gasteiger partial charge in [0.05, 0.1) is 17.6 Å². The van der Waals surface area contributed by atoms with Crippen LogP contribution in [0.25, 0.3) is 0 Å². The SMILES string of the molecule is Cc1ccc(C(=O)N2[C@@H](c3ccc(C(F)(F)F)cc3)SC[C@H]2C(=O)[O-])cc1. The first-order valence-corrected chi connectivity index (χ1v) is 9.12. The van der Waals surface area contributed by atoms with E-state index in [4.69, 9.17) is 0 Å². The van der Waals surface area contributed by atoms with Crippen molar-refractivity contribution >= 4 is 23.6 Å². The van der Waals surface area contributed by atoms with Crippen LogP contribution in [0.5, 0.6) is 0 Å². The summed E-state index contributed by atoms with van der Waals surface area (Å²) in [7, 11) is 0. The molecule has 8 heteroatoms. The first-order valence-electron chi connectivity index (χ1n) is 8.07. The van der Waals surface area contributed by atoms with E-state index in [-0.39, 0.29) is 5.75 Å². The number of carbonyl (C=O) groups excluding carboxylic acids is 2. The third-order valence-electron chi connectivity index (χ3n) is 4.33. The van der Waals surface area contributed by atoms with Crippen molar-refractivity contribution in [3.8, 4) is 0 Å². The van der Waals surface area contributed by atoms with Crippen LogP contribution >= 0.6 is 11.8 Å². The zero-order valence-corrected chi connectivity index (χ0v) is 15.0. The molecular formula is C19H15F3NO3S-. The Morgan fingerprint density at radius 2 is 1.67 bits per heavy atom. The monoisotopic (exact) mass is 394 g/mol. The van der Waals surface area contributed by atoms with Crippen molar-refractivity contribution in [3.05, 3.63) is 70.8 Å². The molecule has 27 heavy (non-hydrogen) atoms. The van der Waals surface area contributed by atoms with Gasteiger partial charge in [-0.1, -0.05) is 29.8 Å². The molecule has 0 N–H and O–H groups in total. The molecule has 3 rings (SSSR count). The number of hydrogen-bond donors (Lipinski definition) is 0. The van der Waals surface area contributed by atoms with Crippen molar-refractivity contribution in [2.24, 2.45) is 0 Å². The molecule has 4 nitrogen and oxygen atoms in total. The summed E-state index contributed by atoms with van der Waals surface area (Å²) < 4.78 is 38.3. The number of amides is 1. The first-order chi connectivity index (χ1) is 12.7. The number of carbonyl (C=O) groups is 2. The normalized spacial score (nSPS) is 19.9. The number of carboxylic acids is 1. The van der Waals surface area contributed by atoms with Gasteiger partial charge in [-0.3, -0.25) is 4.79 Å². The second-order valence-electron chi connectivity index (χ2n) is 6.22. The van der Waals surface area contributed by atoms with Crippen molar-refractivity contribution in [2.75, 3.05) is 5.75 Å². The molecule has 0 spiro atoms. The van der Waals surface area contributed by atoms with E-state index in [9.17, 15) is 27.9 Å². The Labute approximate surface area is 158 Å². The summed E-state index contributed by atoms with van der Waals surface area (Å²) in [5.41, 5.74) is 0.878. The number of halogens is 3. The second kappa shape index (κ2) is 7.26. The van der Waals surface area contributed by atoms with Crippen molar-refractivity contribution < 1.29 is 27.9 Å². The maximum absolute atomic E-state index is 12.9. The molecule has 142 valence electrons. The number of carboxylic acid groups (broad SMARTS) is 1. The van der Waals surface area contributed by atoms with Crippen LogP contribution < -0.4 is 5.11 Å². The van der Waals surface area contributed by atoms with Crippen molar-refractivity contribution in [2.45, 2.75) is 24.5 Å². The molecular weight excluding hydrogens is 379 g/mol. The third-order valence-corrected chi connectivity index (χ3v) is 5.65. The summed E-state index contributed by atoms with van der Waals surface area (Å²) in [4.78, 5) is 25.6. The molecule has 1 saturated heterocycles. The smallest absolute Gasteiger partial charge is 0.416 e. The van der Waals surface area contributed by atoms with Gasteiger partial charge in [-0.05, 0) is 36.8 Å². The zero-order valence-electron chi connectivity index (χ0n) is 14.2. The van der Waals surface area contributed by atoms with Crippen LogP contribution in [-0.4, -0.2) is 28.6 Å². The molecule has 0 bridgehead atoms. The molecule has 0 unspecified atom stereocenters. The van der Waals surface area contributed by atoms with Crippen LogP contribution in [0.4, 0.5) is 13.2 Å². The molecule has 1 aliphatic rings. The summed E-state index contributed by atoms with van der Waals surface area (Å²) >= 11 is 1.18. The van der Waals surface area contributed by atoms with Crippen LogP contribution in [0.1, 0.15) is 32.4 Å². The summed E-state index contributed by atoms with van der Waals surface area (Å²) in [5.74, 6) is -1.79. The number of aryl methyl sites for hydroxylation is 1. The lowest BCUT2D eigenvalue weighted by Gasteiger charge is -2.30. The van der Waals surface area contributed by atoms with E-state index in [2.05, 4.69) is 0 Å². The highest BCUT2D eigenvalue weighted by atomic mass is 32.2. The number of rotatable bonds is 3. The van der Waals surface area contributed by atoms with Gasteiger partial charge in [0.15, 0.2) is 0 Å². The predicted octanol–water partition coefficient (Wildman–Crippen LogP) is 3.02. The van der Waals surface area contributed by atoms with E-state index in [1.807, 2.05) is 6.92 Å². The molecule has 0 saturated carbocycles. The standard InChI is InChI=1S/C19H16F3NO3S/c1-11-2-4-12(5-3-11)16(24)23-15(18(25)26)10-27-17(23)13-6-8-14(9-7-13)19(20,21)22/h2-9,15,17H,10H2,1H3,(H,25,26)/p-1/t15-,17+/m0/s1. The molecule has 2 aromatic carbocycles. The fourth-order valence-electron chi connectivity index (χ4n) is 2.87.